The van der Waals surface area contributed by atoms with E-state index < -0.39 is 0 Å². The van der Waals surface area contributed by atoms with E-state index in [-0.39, 0.29) is 11.9 Å². The van der Waals surface area contributed by atoms with Crippen LogP contribution in [0.3, 0.4) is 0 Å². The van der Waals surface area contributed by atoms with Crippen molar-refractivity contribution in [2.24, 2.45) is 0 Å². The van der Waals surface area contributed by atoms with Crippen LogP contribution in [0.5, 0.6) is 0 Å². The van der Waals surface area contributed by atoms with E-state index >= 15 is 0 Å². The lowest BCUT2D eigenvalue weighted by atomic mass is 10.2. The lowest BCUT2D eigenvalue weighted by molar-refractivity contribution is 0.0941. The molecule has 0 saturated heterocycles. The first kappa shape index (κ1) is 13.5. The second kappa shape index (κ2) is 5.49. The molecule has 3 heterocycles. The maximum absolute atomic E-state index is 12.3. The Bertz CT molecular complexity index is 766. The summed E-state index contributed by atoms with van der Waals surface area (Å²) in [5.41, 5.74) is 6.47. The molecule has 0 aliphatic heterocycles. The predicted molar refractivity (Wildman–Crippen MR) is 81.0 cm³/mol. The number of nitrogens with zero attached hydrogens (tertiary/aromatic N) is 4. The molecule has 0 aliphatic carbocycles. The first-order chi connectivity index (χ1) is 10.1. The SMILES string of the molecule is CC(Cn1cccn1)NC(=O)c1sc2nnccc2c1N. The van der Waals surface area contributed by atoms with Crippen molar-refractivity contribution < 1.29 is 4.79 Å². The number of fused-ring (bicyclic) bond motifs is 1. The topological polar surface area (TPSA) is 98.7 Å². The Hall–Kier alpha value is -2.48. The zero-order chi connectivity index (χ0) is 14.8. The van der Waals surface area contributed by atoms with Gasteiger partial charge >= 0.3 is 0 Å². The molecule has 3 N–H and O–H groups in total. The maximum Gasteiger partial charge on any atom is 0.263 e. The van der Waals surface area contributed by atoms with Gasteiger partial charge in [-0.25, -0.2) is 0 Å². The number of hydrogen-bond acceptors (Lipinski definition) is 6. The molecule has 1 atom stereocenters. The third-order valence-electron chi connectivity index (χ3n) is 3.02. The highest BCUT2D eigenvalue weighted by molar-refractivity contribution is 7.21. The molecule has 0 bridgehead atoms. The molecule has 1 amide bonds. The number of nitrogen functional groups attached to an aromatic ring is 1. The highest BCUT2D eigenvalue weighted by Crippen LogP contribution is 2.31. The third kappa shape index (κ3) is 2.70. The molecule has 3 aromatic rings. The average molecular weight is 302 g/mol. The van der Waals surface area contributed by atoms with Gasteiger partial charge in [0.25, 0.3) is 5.91 Å². The average Bonchev–Trinajstić information content (AvgIpc) is 3.07. The highest BCUT2D eigenvalue weighted by atomic mass is 32.1. The normalized spacial score (nSPS) is 12.4. The number of carbonyl (C=O) groups excluding carboxylic acids is 1. The molecular formula is C13H14N6OS. The summed E-state index contributed by atoms with van der Waals surface area (Å²) in [5.74, 6) is -0.199. The first-order valence-electron chi connectivity index (χ1n) is 6.43. The Labute approximate surface area is 124 Å². The molecule has 21 heavy (non-hydrogen) atoms. The number of thiophene rings is 1. The number of aromatic nitrogens is 4. The van der Waals surface area contributed by atoms with E-state index in [0.29, 0.717) is 21.9 Å². The van der Waals surface area contributed by atoms with Crippen molar-refractivity contribution in [2.45, 2.75) is 19.5 Å². The Morgan fingerprint density at radius 1 is 1.52 bits per heavy atom. The van der Waals surface area contributed by atoms with E-state index in [4.69, 9.17) is 5.73 Å². The van der Waals surface area contributed by atoms with E-state index in [1.165, 1.54) is 11.3 Å². The molecule has 0 spiro atoms. The van der Waals surface area contributed by atoms with Crippen molar-refractivity contribution >= 4 is 33.1 Å². The number of hydrogen-bond donors (Lipinski definition) is 2. The standard InChI is InChI=1S/C13H14N6OS/c1-8(7-19-6-2-4-16-19)17-12(20)11-10(14)9-3-5-15-18-13(9)21-11/h2-6,8H,7,14H2,1H3,(H,17,20). The third-order valence-corrected chi connectivity index (χ3v) is 4.13. The van der Waals surface area contributed by atoms with Crippen molar-refractivity contribution in [2.75, 3.05) is 5.73 Å². The predicted octanol–water partition coefficient (Wildman–Crippen LogP) is 1.29. The number of carbonyl (C=O) groups is 1. The van der Waals surface area contributed by atoms with Crippen LogP contribution in [0.15, 0.2) is 30.7 Å². The quantitative estimate of drug-likeness (QED) is 0.756. The van der Waals surface area contributed by atoms with Crippen LogP contribution in [0.2, 0.25) is 0 Å². The van der Waals surface area contributed by atoms with Crippen molar-refractivity contribution in [3.05, 3.63) is 35.6 Å². The van der Waals surface area contributed by atoms with E-state index in [1.54, 1.807) is 23.1 Å². The smallest absolute Gasteiger partial charge is 0.263 e. The lowest BCUT2D eigenvalue weighted by Crippen LogP contribution is -2.35. The Morgan fingerprint density at radius 2 is 2.38 bits per heavy atom. The van der Waals surface area contributed by atoms with Gasteiger partial charge in [-0.2, -0.15) is 10.2 Å². The summed E-state index contributed by atoms with van der Waals surface area (Å²) >= 11 is 1.25. The molecule has 1 unspecified atom stereocenters. The number of nitrogens with one attached hydrogen (secondary N) is 1. The summed E-state index contributed by atoms with van der Waals surface area (Å²) in [6, 6.07) is 3.54. The fourth-order valence-corrected chi connectivity index (χ4v) is 3.01. The number of anilines is 1. The minimum absolute atomic E-state index is 0.0619. The lowest BCUT2D eigenvalue weighted by Gasteiger charge is -2.13. The van der Waals surface area contributed by atoms with Crippen LogP contribution in [0.4, 0.5) is 5.69 Å². The number of nitrogens with two attached hydrogens (primary N) is 1. The molecule has 3 rings (SSSR count). The Balaban J connectivity index is 1.76. The van der Waals surface area contributed by atoms with Gasteiger partial charge in [0, 0.05) is 23.8 Å². The van der Waals surface area contributed by atoms with E-state index in [0.717, 1.165) is 5.39 Å². The van der Waals surface area contributed by atoms with Crippen LogP contribution in [0, 0.1) is 0 Å². The first-order valence-corrected chi connectivity index (χ1v) is 7.24. The van der Waals surface area contributed by atoms with Crippen molar-refractivity contribution in [3.8, 4) is 0 Å². The van der Waals surface area contributed by atoms with Gasteiger partial charge in [0.05, 0.1) is 18.4 Å². The molecule has 8 heteroatoms. The van der Waals surface area contributed by atoms with Gasteiger partial charge in [-0.05, 0) is 19.1 Å². The van der Waals surface area contributed by atoms with Crippen LogP contribution in [-0.4, -0.2) is 31.9 Å². The maximum atomic E-state index is 12.3. The summed E-state index contributed by atoms with van der Waals surface area (Å²) < 4.78 is 1.77. The van der Waals surface area contributed by atoms with Gasteiger partial charge in [-0.15, -0.1) is 16.4 Å². The molecule has 0 aromatic carbocycles. The molecule has 0 saturated carbocycles. The zero-order valence-electron chi connectivity index (χ0n) is 11.4. The largest absolute Gasteiger partial charge is 0.397 e. The van der Waals surface area contributed by atoms with Crippen LogP contribution in [0.1, 0.15) is 16.6 Å². The summed E-state index contributed by atoms with van der Waals surface area (Å²) in [6.07, 6.45) is 5.12. The summed E-state index contributed by atoms with van der Waals surface area (Å²) in [5, 5.41) is 15.6. The van der Waals surface area contributed by atoms with Gasteiger partial charge in [-0.3, -0.25) is 9.48 Å². The fraction of sp³-hybridized carbons (Fsp3) is 0.231. The van der Waals surface area contributed by atoms with Gasteiger partial charge < -0.3 is 11.1 Å². The van der Waals surface area contributed by atoms with Crippen LogP contribution in [0.25, 0.3) is 10.2 Å². The van der Waals surface area contributed by atoms with Crippen molar-refractivity contribution in [3.63, 3.8) is 0 Å². The van der Waals surface area contributed by atoms with Crippen molar-refractivity contribution in [1.29, 1.82) is 0 Å². The molecule has 3 aromatic heterocycles. The molecule has 108 valence electrons. The Morgan fingerprint density at radius 3 is 3.10 bits per heavy atom. The zero-order valence-corrected chi connectivity index (χ0v) is 12.2. The molecule has 0 radical (unpaired) electrons. The summed E-state index contributed by atoms with van der Waals surface area (Å²) in [4.78, 5) is 13.5. The Kier molecular flexibility index (Phi) is 3.53. The number of rotatable bonds is 4. The monoisotopic (exact) mass is 302 g/mol. The summed E-state index contributed by atoms with van der Waals surface area (Å²) in [6.45, 7) is 2.52. The highest BCUT2D eigenvalue weighted by Gasteiger charge is 2.18. The van der Waals surface area contributed by atoms with Crippen LogP contribution < -0.4 is 11.1 Å². The van der Waals surface area contributed by atoms with E-state index in [2.05, 4.69) is 20.6 Å². The van der Waals surface area contributed by atoms with E-state index in [9.17, 15) is 4.79 Å². The van der Waals surface area contributed by atoms with Crippen LogP contribution >= 0.6 is 11.3 Å². The minimum Gasteiger partial charge on any atom is -0.397 e. The van der Waals surface area contributed by atoms with Gasteiger partial charge in [0.15, 0.2) is 0 Å². The molecule has 7 nitrogen and oxygen atoms in total. The molecule has 0 fully saturated rings. The van der Waals surface area contributed by atoms with E-state index in [1.807, 2.05) is 19.2 Å². The second-order valence-corrected chi connectivity index (χ2v) is 5.70. The van der Waals surface area contributed by atoms with Crippen LogP contribution in [-0.2, 0) is 6.54 Å². The molecular weight excluding hydrogens is 288 g/mol. The summed E-state index contributed by atoms with van der Waals surface area (Å²) in [7, 11) is 0. The van der Waals surface area contributed by atoms with Crippen molar-refractivity contribution in [1.82, 2.24) is 25.3 Å². The van der Waals surface area contributed by atoms with Gasteiger partial charge in [-0.1, -0.05) is 0 Å². The van der Waals surface area contributed by atoms with Gasteiger partial charge in [0.1, 0.15) is 9.71 Å². The fourth-order valence-electron chi connectivity index (χ4n) is 2.07. The van der Waals surface area contributed by atoms with Gasteiger partial charge in [0.2, 0.25) is 0 Å². The number of amides is 1. The second-order valence-electron chi connectivity index (χ2n) is 4.70. The minimum atomic E-state index is -0.199. The molecule has 0 aliphatic rings.